The van der Waals surface area contributed by atoms with Crippen molar-refractivity contribution in [1.29, 1.82) is 0 Å². The van der Waals surface area contributed by atoms with Crippen LogP contribution in [0.5, 0.6) is 11.5 Å². The Labute approximate surface area is 123 Å². The van der Waals surface area contributed by atoms with Crippen LogP contribution < -0.4 is 14.8 Å². The fourth-order valence-corrected chi connectivity index (χ4v) is 2.46. The van der Waals surface area contributed by atoms with Crippen molar-refractivity contribution in [2.24, 2.45) is 0 Å². The molecule has 1 amide bonds. The number of amides is 1. The van der Waals surface area contributed by atoms with Gasteiger partial charge in [0.05, 0.1) is 31.0 Å². The third kappa shape index (κ3) is 2.25. The van der Waals surface area contributed by atoms with Crippen LogP contribution in [-0.2, 0) is 0 Å². The topological polar surface area (TPSA) is 47.6 Å². The van der Waals surface area contributed by atoms with Gasteiger partial charge in [0.25, 0.3) is 5.91 Å². The summed E-state index contributed by atoms with van der Waals surface area (Å²) in [5.41, 5.74) is 3.06. The lowest BCUT2D eigenvalue weighted by atomic mass is 10.0. The highest BCUT2D eigenvalue weighted by Gasteiger charge is 2.29. The van der Waals surface area contributed by atoms with Crippen LogP contribution >= 0.6 is 0 Å². The van der Waals surface area contributed by atoms with Gasteiger partial charge < -0.3 is 14.8 Å². The summed E-state index contributed by atoms with van der Waals surface area (Å²) in [6, 6.07) is 13.3. The van der Waals surface area contributed by atoms with Crippen LogP contribution in [0, 0.1) is 0 Å². The number of benzene rings is 2. The largest absolute Gasteiger partial charge is 0.493 e. The van der Waals surface area contributed by atoms with Gasteiger partial charge in [-0.1, -0.05) is 30.3 Å². The van der Waals surface area contributed by atoms with E-state index in [1.54, 1.807) is 26.4 Å². The zero-order valence-electron chi connectivity index (χ0n) is 11.8. The predicted molar refractivity (Wildman–Crippen MR) is 81.3 cm³/mol. The number of hydrogen-bond acceptors (Lipinski definition) is 3. The molecule has 0 fully saturated rings. The molecular weight excluding hydrogens is 266 g/mol. The van der Waals surface area contributed by atoms with Crippen molar-refractivity contribution in [3.8, 4) is 11.5 Å². The molecule has 0 atom stereocenters. The Hall–Kier alpha value is -2.75. The molecule has 1 aliphatic rings. The van der Waals surface area contributed by atoms with E-state index in [-0.39, 0.29) is 5.91 Å². The maximum atomic E-state index is 12.1. The number of hydrogen-bond donors (Lipinski definition) is 1. The van der Waals surface area contributed by atoms with Crippen molar-refractivity contribution < 1.29 is 14.3 Å². The van der Waals surface area contributed by atoms with Crippen molar-refractivity contribution in [2.45, 2.75) is 0 Å². The first-order valence-electron chi connectivity index (χ1n) is 6.58. The molecule has 2 aromatic rings. The van der Waals surface area contributed by atoms with Crippen molar-refractivity contribution in [3.05, 3.63) is 59.2 Å². The van der Waals surface area contributed by atoms with Gasteiger partial charge in [0.15, 0.2) is 11.5 Å². The first kappa shape index (κ1) is 13.2. The van der Waals surface area contributed by atoms with E-state index in [4.69, 9.17) is 9.47 Å². The molecule has 0 saturated heterocycles. The van der Waals surface area contributed by atoms with Crippen LogP contribution in [0.4, 0.5) is 0 Å². The molecule has 1 aliphatic heterocycles. The lowest BCUT2D eigenvalue weighted by molar-refractivity contribution is 0.0981. The van der Waals surface area contributed by atoms with Crippen molar-refractivity contribution in [1.82, 2.24) is 5.32 Å². The molecule has 4 nitrogen and oxygen atoms in total. The first-order chi connectivity index (χ1) is 10.2. The highest BCUT2D eigenvalue weighted by atomic mass is 16.5. The molecule has 21 heavy (non-hydrogen) atoms. The maximum Gasteiger partial charge on any atom is 0.256 e. The number of carbonyl (C=O) groups excluding carboxylic acids is 1. The van der Waals surface area contributed by atoms with Gasteiger partial charge in [-0.15, -0.1) is 0 Å². The monoisotopic (exact) mass is 281 g/mol. The van der Waals surface area contributed by atoms with E-state index in [0.29, 0.717) is 17.1 Å². The Morgan fingerprint density at radius 1 is 1.00 bits per heavy atom. The number of ether oxygens (including phenoxy) is 2. The van der Waals surface area contributed by atoms with Crippen LogP contribution in [0.2, 0.25) is 0 Å². The van der Waals surface area contributed by atoms with Gasteiger partial charge in [-0.2, -0.15) is 0 Å². The highest BCUT2D eigenvalue weighted by Crippen LogP contribution is 2.40. The summed E-state index contributed by atoms with van der Waals surface area (Å²) < 4.78 is 10.7. The lowest BCUT2D eigenvalue weighted by Gasteiger charge is -2.11. The summed E-state index contributed by atoms with van der Waals surface area (Å²) in [6.45, 7) is 0. The van der Waals surface area contributed by atoms with Crippen molar-refractivity contribution >= 4 is 17.7 Å². The summed E-state index contributed by atoms with van der Waals surface area (Å²) in [6.07, 6.45) is 1.92. The van der Waals surface area contributed by atoms with Crippen molar-refractivity contribution in [2.75, 3.05) is 14.2 Å². The Bertz CT molecular complexity index is 720. The van der Waals surface area contributed by atoms with E-state index in [0.717, 1.165) is 16.8 Å². The molecule has 3 rings (SSSR count). The third-order valence-corrected chi connectivity index (χ3v) is 3.42. The minimum absolute atomic E-state index is 0.131. The molecule has 4 heteroatoms. The minimum atomic E-state index is -0.131. The van der Waals surface area contributed by atoms with Gasteiger partial charge in [-0.3, -0.25) is 4.79 Å². The molecule has 0 unspecified atom stereocenters. The smallest absolute Gasteiger partial charge is 0.256 e. The number of methoxy groups -OCH3 is 2. The van der Waals surface area contributed by atoms with E-state index in [1.807, 2.05) is 36.4 Å². The van der Waals surface area contributed by atoms with Crippen LogP contribution in [0.3, 0.4) is 0 Å². The number of fused-ring (bicyclic) bond motifs is 1. The molecule has 1 N–H and O–H groups in total. The number of carbonyl (C=O) groups is 1. The molecule has 106 valence electrons. The zero-order chi connectivity index (χ0) is 14.8. The van der Waals surface area contributed by atoms with E-state index < -0.39 is 0 Å². The second-order valence-electron chi connectivity index (χ2n) is 4.65. The van der Waals surface area contributed by atoms with E-state index in [1.165, 1.54) is 0 Å². The lowest BCUT2D eigenvalue weighted by Crippen LogP contribution is -2.11. The SMILES string of the molecule is COc1ccc2c(c1OC)/C(=C/c1ccccc1)NC2=O. The van der Waals surface area contributed by atoms with Gasteiger partial charge in [0.2, 0.25) is 0 Å². The van der Waals surface area contributed by atoms with Crippen LogP contribution in [0.15, 0.2) is 42.5 Å². The standard InChI is InChI=1S/C17H15NO3/c1-20-14-9-8-12-15(16(14)21-2)13(18-17(12)19)10-11-6-4-3-5-7-11/h3-10H,1-2H3,(H,18,19)/b13-10-. The van der Waals surface area contributed by atoms with E-state index in [2.05, 4.69) is 5.32 Å². The number of rotatable bonds is 3. The average Bonchev–Trinajstić information content (AvgIpc) is 2.83. The van der Waals surface area contributed by atoms with Crippen molar-refractivity contribution in [3.63, 3.8) is 0 Å². The molecule has 2 aromatic carbocycles. The second-order valence-corrected chi connectivity index (χ2v) is 4.65. The summed E-state index contributed by atoms with van der Waals surface area (Å²) in [5.74, 6) is 1.04. The Balaban J connectivity index is 2.18. The summed E-state index contributed by atoms with van der Waals surface area (Å²) >= 11 is 0. The summed E-state index contributed by atoms with van der Waals surface area (Å²) in [7, 11) is 3.15. The molecule has 0 spiro atoms. The zero-order valence-corrected chi connectivity index (χ0v) is 11.8. The fourth-order valence-electron chi connectivity index (χ4n) is 2.46. The van der Waals surface area contributed by atoms with Gasteiger partial charge in [-0.25, -0.2) is 0 Å². The Kier molecular flexibility index (Phi) is 3.36. The quantitative estimate of drug-likeness (QED) is 0.941. The highest BCUT2D eigenvalue weighted by molar-refractivity contribution is 6.13. The van der Waals surface area contributed by atoms with Crippen LogP contribution in [0.1, 0.15) is 21.5 Å². The Morgan fingerprint density at radius 2 is 1.76 bits per heavy atom. The summed E-state index contributed by atoms with van der Waals surface area (Å²) in [5, 5.41) is 2.88. The molecule has 1 heterocycles. The van der Waals surface area contributed by atoms with Crippen LogP contribution in [-0.4, -0.2) is 20.1 Å². The third-order valence-electron chi connectivity index (χ3n) is 3.42. The maximum absolute atomic E-state index is 12.1. The van der Waals surface area contributed by atoms with Gasteiger partial charge in [0.1, 0.15) is 0 Å². The fraction of sp³-hybridized carbons (Fsp3) is 0.118. The molecular formula is C17H15NO3. The Morgan fingerprint density at radius 3 is 2.43 bits per heavy atom. The van der Waals surface area contributed by atoms with Gasteiger partial charge in [-0.05, 0) is 23.8 Å². The molecule has 0 bridgehead atoms. The van der Waals surface area contributed by atoms with E-state index in [9.17, 15) is 4.79 Å². The van der Waals surface area contributed by atoms with Crippen LogP contribution in [0.25, 0.3) is 11.8 Å². The molecule has 0 aromatic heterocycles. The number of nitrogens with one attached hydrogen (secondary N) is 1. The van der Waals surface area contributed by atoms with Gasteiger partial charge >= 0.3 is 0 Å². The first-order valence-corrected chi connectivity index (χ1v) is 6.58. The minimum Gasteiger partial charge on any atom is -0.493 e. The second kappa shape index (κ2) is 5.32. The predicted octanol–water partition coefficient (Wildman–Crippen LogP) is 2.95. The molecule has 0 saturated carbocycles. The van der Waals surface area contributed by atoms with Gasteiger partial charge in [0, 0.05) is 0 Å². The molecule has 0 aliphatic carbocycles. The average molecular weight is 281 g/mol. The van der Waals surface area contributed by atoms with E-state index >= 15 is 0 Å². The summed E-state index contributed by atoms with van der Waals surface area (Å²) in [4.78, 5) is 12.1. The normalized spacial score (nSPS) is 14.8. The molecule has 0 radical (unpaired) electrons.